The van der Waals surface area contributed by atoms with Gasteiger partial charge in [0.05, 0.1) is 4.90 Å². The highest BCUT2D eigenvalue weighted by Gasteiger charge is 2.29. The van der Waals surface area contributed by atoms with Crippen LogP contribution in [0.1, 0.15) is 5.56 Å². The molecule has 27 heavy (non-hydrogen) atoms. The first-order chi connectivity index (χ1) is 13.0. The lowest BCUT2D eigenvalue weighted by Crippen LogP contribution is -2.52. The van der Waals surface area contributed by atoms with Gasteiger partial charge in [-0.1, -0.05) is 48.0 Å². The van der Waals surface area contributed by atoms with Gasteiger partial charge in [-0.3, -0.25) is 0 Å². The highest BCUT2D eigenvalue weighted by atomic mass is 35.5. The van der Waals surface area contributed by atoms with Gasteiger partial charge < -0.3 is 10.2 Å². The zero-order valence-corrected chi connectivity index (χ0v) is 16.2. The fourth-order valence-electron chi connectivity index (χ4n) is 2.78. The number of halogens is 1. The smallest absolute Gasteiger partial charge is 0.321 e. The summed E-state index contributed by atoms with van der Waals surface area (Å²) in [6.45, 7) is 1.19. The molecule has 0 aliphatic carbocycles. The van der Waals surface area contributed by atoms with Crippen molar-refractivity contribution in [2.24, 2.45) is 0 Å². The van der Waals surface area contributed by atoms with E-state index >= 15 is 0 Å². The molecular formula is C19H20ClN3O3S. The number of carbonyl (C=O) groups is 1. The van der Waals surface area contributed by atoms with E-state index in [1.54, 1.807) is 47.4 Å². The molecule has 2 aromatic rings. The summed E-state index contributed by atoms with van der Waals surface area (Å²) in [4.78, 5) is 14.1. The molecule has 0 atom stereocenters. The van der Waals surface area contributed by atoms with Crippen LogP contribution in [-0.2, 0) is 10.0 Å². The van der Waals surface area contributed by atoms with Gasteiger partial charge in [-0.05, 0) is 29.8 Å². The number of nitrogens with one attached hydrogen (secondary N) is 1. The van der Waals surface area contributed by atoms with E-state index < -0.39 is 10.0 Å². The summed E-state index contributed by atoms with van der Waals surface area (Å²) in [5.41, 5.74) is 0.804. The predicted molar refractivity (Wildman–Crippen MR) is 106 cm³/mol. The number of amides is 2. The molecule has 2 aromatic carbocycles. The van der Waals surface area contributed by atoms with Gasteiger partial charge in [0, 0.05) is 37.4 Å². The molecule has 142 valence electrons. The molecule has 1 aliphatic heterocycles. The quantitative estimate of drug-likeness (QED) is 0.849. The van der Waals surface area contributed by atoms with Crippen molar-refractivity contribution >= 4 is 33.7 Å². The Labute approximate surface area is 164 Å². The highest BCUT2D eigenvalue weighted by molar-refractivity contribution is 7.89. The van der Waals surface area contributed by atoms with Crippen molar-refractivity contribution in [3.63, 3.8) is 0 Å². The van der Waals surface area contributed by atoms with Crippen molar-refractivity contribution in [1.29, 1.82) is 0 Å². The Morgan fingerprint density at radius 2 is 1.59 bits per heavy atom. The summed E-state index contributed by atoms with van der Waals surface area (Å²) in [6.07, 6.45) is 3.26. The molecule has 2 amide bonds. The lowest BCUT2D eigenvalue weighted by Gasteiger charge is -2.33. The molecule has 0 unspecified atom stereocenters. The maximum Gasteiger partial charge on any atom is 0.321 e. The summed E-state index contributed by atoms with van der Waals surface area (Å²) >= 11 is 6.06. The molecule has 1 fully saturated rings. The van der Waals surface area contributed by atoms with E-state index in [1.165, 1.54) is 10.5 Å². The number of piperazine rings is 1. The van der Waals surface area contributed by atoms with E-state index in [0.717, 1.165) is 5.56 Å². The van der Waals surface area contributed by atoms with Crippen LogP contribution in [0.3, 0.4) is 0 Å². The van der Waals surface area contributed by atoms with E-state index in [0.29, 0.717) is 18.1 Å². The van der Waals surface area contributed by atoms with Crippen LogP contribution in [0, 0.1) is 0 Å². The molecule has 0 bridgehead atoms. The summed E-state index contributed by atoms with van der Waals surface area (Å²) in [7, 11) is -3.52. The summed E-state index contributed by atoms with van der Waals surface area (Å²) in [5, 5.41) is 3.29. The summed E-state index contributed by atoms with van der Waals surface area (Å²) in [6, 6.07) is 15.4. The third-order valence-corrected chi connectivity index (χ3v) is 6.54. The minimum absolute atomic E-state index is 0.263. The van der Waals surface area contributed by atoms with Crippen molar-refractivity contribution in [2.45, 2.75) is 4.90 Å². The van der Waals surface area contributed by atoms with Crippen LogP contribution in [0.15, 0.2) is 65.7 Å². The number of carbonyl (C=O) groups excluding carboxylic acids is 1. The number of sulfonamides is 1. The Morgan fingerprint density at radius 3 is 2.26 bits per heavy atom. The van der Waals surface area contributed by atoms with Crippen molar-refractivity contribution in [1.82, 2.24) is 14.5 Å². The Balaban J connectivity index is 1.54. The minimum atomic E-state index is -3.52. The van der Waals surface area contributed by atoms with E-state index in [2.05, 4.69) is 5.32 Å². The maximum atomic E-state index is 12.6. The van der Waals surface area contributed by atoms with Gasteiger partial charge in [-0.25, -0.2) is 13.2 Å². The van der Waals surface area contributed by atoms with E-state index in [-0.39, 0.29) is 24.0 Å². The Kier molecular flexibility index (Phi) is 6.15. The fourth-order valence-corrected chi connectivity index (χ4v) is 4.42. The van der Waals surface area contributed by atoms with E-state index in [1.807, 2.05) is 18.2 Å². The van der Waals surface area contributed by atoms with Gasteiger partial charge in [0.1, 0.15) is 0 Å². The SMILES string of the molecule is O=C(N/C=C/c1ccccc1Cl)N1CCN(S(=O)(=O)c2ccccc2)CC1. The third kappa shape index (κ3) is 4.68. The zero-order valence-electron chi connectivity index (χ0n) is 14.6. The number of urea groups is 1. The van der Waals surface area contributed by atoms with Crippen LogP contribution in [0.25, 0.3) is 6.08 Å². The monoisotopic (exact) mass is 405 g/mol. The Hall–Kier alpha value is -2.35. The number of benzene rings is 2. The number of hydrogen-bond donors (Lipinski definition) is 1. The third-order valence-electron chi connectivity index (χ3n) is 4.28. The molecule has 1 saturated heterocycles. The molecule has 1 heterocycles. The van der Waals surface area contributed by atoms with Crippen LogP contribution >= 0.6 is 11.6 Å². The molecule has 8 heteroatoms. The summed E-state index contributed by atoms with van der Waals surface area (Å²) in [5.74, 6) is 0. The maximum absolute atomic E-state index is 12.6. The average Bonchev–Trinajstić information content (AvgIpc) is 2.70. The van der Waals surface area contributed by atoms with Crippen LogP contribution < -0.4 is 5.32 Å². The first kappa shape index (κ1) is 19.4. The largest absolute Gasteiger partial charge is 0.322 e. The fraction of sp³-hybridized carbons (Fsp3) is 0.211. The highest BCUT2D eigenvalue weighted by Crippen LogP contribution is 2.18. The Morgan fingerprint density at radius 1 is 0.963 bits per heavy atom. The standard InChI is InChI=1S/C19H20ClN3O3S/c20-18-9-5-4-6-16(18)10-11-21-19(24)22-12-14-23(15-13-22)27(25,26)17-7-2-1-3-8-17/h1-11H,12-15H2,(H,21,24)/b11-10+. The van der Waals surface area contributed by atoms with Gasteiger partial charge in [0.15, 0.2) is 0 Å². The Bertz CT molecular complexity index is 924. The molecule has 0 radical (unpaired) electrons. The normalized spacial score (nSPS) is 15.8. The van der Waals surface area contributed by atoms with Gasteiger partial charge >= 0.3 is 6.03 Å². The zero-order chi connectivity index (χ0) is 19.3. The number of hydrogen-bond acceptors (Lipinski definition) is 3. The molecule has 0 aromatic heterocycles. The van der Waals surface area contributed by atoms with Crippen molar-refractivity contribution in [3.05, 3.63) is 71.4 Å². The van der Waals surface area contributed by atoms with Crippen molar-refractivity contribution in [3.8, 4) is 0 Å². The molecule has 1 aliphatic rings. The topological polar surface area (TPSA) is 69.7 Å². The van der Waals surface area contributed by atoms with Gasteiger partial charge in [0.2, 0.25) is 10.0 Å². The molecule has 0 saturated carbocycles. The van der Waals surface area contributed by atoms with E-state index in [9.17, 15) is 13.2 Å². The molecule has 3 rings (SSSR count). The van der Waals surface area contributed by atoms with Gasteiger partial charge in [0.25, 0.3) is 0 Å². The number of rotatable bonds is 4. The van der Waals surface area contributed by atoms with Crippen LogP contribution in [0.4, 0.5) is 4.79 Å². The second kappa shape index (κ2) is 8.56. The van der Waals surface area contributed by atoms with Crippen molar-refractivity contribution < 1.29 is 13.2 Å². The van der Waals surface area contributed by atoms with Crippen molar-refractivity contribution in [2.75, 3.05) is 26.2 Å². The average molecular weight is 406 g/mol. The molecular weight excluding hydrogens is 386 g/mol. The number of nitrogens with zero attached hydrogens (tertiary/aromatic N) is 2. The summed E-state index contributed by atoms with van der Waals surface area (Å²) < 4.78 is 26.6. The second-order valence-electron chi connectivity index (χ2n) is 6.01. The molecule has 1 N–H and O–H groups in total. The van der Waals surface area contributed by atoms with E-state index in [4.69, 9.17) is 11.6 Å². The van der Waals surface area contributed by atoms with Gasteiger partial charge in [-0.2, -0.15) is 4.31 Å². The van der Waals surface area contributed by atoms with Crippen LogP contribution in [0.2, 0.25) is 5.02 Å². The first-order valence-corrected chi connectivity index (χ1v) is 10.3. The van der Waals surface area contributed by atoms with Crippen LogP contribution in [-0.4, -0.2) is 49.8 Å². The molecule has 0 spiro atoms. The minimum Gasteiger partial charge on any atom is -0.322 e. The van der Waals surface area contributed by atoms with Crippen LogP contribution in [0.5, 0.6) is 0 Å². The molecule has 6 nitrogen and oxygen atoms in total. The lowest BCUT2D eigenvalue weighted by atomic mass is 10.2. The first-order valence-electron chi connectivity index (χ1n) is 8.50. The lowest BCUT2D eigenvalue weighted by molar-refractivity contribution is 0.175. The second-order valence-corrected chi connectivity index (χ2v) is 8.35. The van der Waals surface area contributed by atoms with Gasteiger partial charge in [-0.15, -0.1) is 0 Å². The predicted octanol–water partition coefficient (Wildman–Crippen LogP) is 3.03.